The highest BCUT2D eigenvalue weighted by molar-refractivity contribution is 6.19. The minimum Gasteiger partial charge on any atom is -0.496 e. The number of carbonyl (C=O) groups excluding carboxylic acids is 1. The molecule has 0 radical (unpaired) electrons. The SMILES string of the molecule is C=C(C(=O)N1CC2C3(c4cccc(C#N)c4)CCC(c4ccccc43)C2(C(=O)O)C1)c1ccccc1OC. The first-order valence-electron chi connectivity index (χ1n) is 12.8. The number of aliphatic carboxylic acids is 1. The molecule has 38 heavy (non-hydrogen) atoms. The molecular formula is C32H28N2O4. The fourth-order valence-electron chi connectivity index (χ4n) is 7.68. The van der Waals surface area contributed by atoms with Crippen molar-refractivity contribution >= 4 is 17.4 Å². The van der Waals surface area contributed by atoms with Gasteiger partial charge in [-0.3, -0.25) is 9.59 Å². The lowest BCUT2D eigenvalue weighted by atomic mass is 9.42. The van der Waals surface area contributed by atoms with E-state index in [1.54, 1.807) is 30.2 Å². The highest BCUT2D eigenvalue weighted by atomic mass is 16.5. The first-order chi connectivity index (χ1) is 18.4. The third-order valence-electron chi connectivity index (χ3n) is 9.22. The normalized spacial score (nSPS) is 26.7. The molecule has 2 fully saturated rings. The Hall–Kier alpha value is -4.37. The number of ether oxygens (including phenoxy) is 1. The van der Waals surface area contributed by atoms with Gasteiger partial charge in [-0.25, -0.2) is 0 Å². The number of benzene rings is 3. The minimum atomic E-state index is -1.15. The molecule has 1 saturated heterocycles. The fraction of sp³-hybridized carbons (Fsp3) is 0.281. The van der Waals surface area contributed by atoms with Crippen LogP contribution in [0.15, 0.2) is 79.4 Å². The summed E-state index contributed by atoms with van der Waals surface area (Å²) in [4.78, 5) is 28.9. The van der Waals surface area contributed by atoms with Crippen LogP contribution in [0.4, 0.5) is 0 Å². The molecule has 1 aliphatic heterocycles. The van der Waals surface area contributed by atoms with Gasteiger partial charge in [0.2, 0.25) is 0 Å². The van der Waals surface area contributed by atoms with Crippen molar-refractivity contribution in [2.75, 3.05) is 20.2 Å². The van der Waals surface area contributed by atoms with Crippen LogP contribution in [0, 0.1) is 22.7 Å². The van der Waals surface area contributed by atoms with Gasteiger partial charge in [0.1, 0.15) is 5.75 Å². The first-order valence-corrected chi connectivity index (χ1v) is 12.8. The van der Waals surface area contributed by atoms with Crippen LogP contribution in [0.25, 0.3) is 5.57 Å². The summed E-state index contributed by atoms with van der Waals surface area (Å²) in [7, 11) is 1.55. The topological polar surface area (TPSA) is 90.6 Å². The third-order valence-corrected chi connectivity index (χ3v) is 9.22. The molecular weight excluding hydrogens is 476 g/mol. The Kier molecular flexibility index (Phi) is 5.43. The molecule has 190 valence electrons. The number of nitriles is 1. The van der Waals surface area contributed by atoms with Gasteiger partial charge in [-0.1, -0.05) is 61.2 Å². The number of carboxylic acids is 1. The Morgan fingerprint density at radius 2 is 1.87 bits per heavy atom. The van der Waals surface area contributed by atoms with Crippen molar-refractivity contribution in [2.45, 2.75) is 24.2 Å². The second-order valence-electron chi connectivity index (χ2n) is 10.6. The summed E-state index contributed by atoms with van der Waals surface area (Å²) in [5, 5.41) is 20.6. The number of rotatable bonds is 5. The van der Waals surface area contributed by atoms with E-state index >= 15 is 0 Å². The molecule has 3 aromatic carbocycles. The summed E-state index contributed by atoms with van der Waals surface area (Å²) in [6, 6.07) is 25.1. The van der Waals surface area contributed by atoms with E-state index in [4.69, 9.17) is 4.74 Å². The molecule has 1 N–H and O–H groups in total. The van der Waals surface area contributed by atoms with E-state index < -0.39 is 16.8 Å². The summed E-state index contributed by atoms with van der Waals surface area (Å²) >= 11 is 0. The smallest absolute Gasteiger partial charge is 0.312 e. The van der Waals surface area contributed by atoms with E-state index in [1.165, 1.54) is 0 Å². The van der Waals surface area contributed by atoms with Crippen LogP contribution in [-0.4, -0.2) is 42.1 Å². The standard InChI is InChI=1S/C32H28N2O4/c1-20(23-10-4-6-13-27(23)38-2)29(35)34-18-28-31(22-9-7-8-21(16-22)17-33)15-14-26(32(28,19-34)30(36)37)24-11-3-5-12-25(24)31/h3-13,16,26,28H,1,14-15,18-19H2,2H3,(H,36,37). The van der Waals surface area contributed by atoms with Crippen molar-refractivity contribution < 1.29 is 19.4 Å². The van der Waals surface area contributed by atoms with E-state index in [0.29, 0.717) is 29.8 Å². The maximum atomic E-state index is 13.9. The van der Waals surface area contributed by atoms with Crippen LogP contribution >= 0.6 is 0 Å². The number of likely N-dealkylation sites (tertiary alicyclic amines) is 1. The van der Waals surface area contributed by atoms with Gasteiger partial charge in [-0.15, -0.1) is 0 Å². The van der Waals surface area contributed by atoms with E-state index in [2.05, 4.69) is 18.7 Å². The van der Waals surface area contributed by atoms with Gasteiger partial charge >= 0.3 is 5.97 Å². The molecule has 3 aromatic rings. The predicted molar refractivity (Wildman–Crippen MR) is 143 cm³/mol. The molecule has 4 aliphatic rings. The second-order valence-corrected chi connectivity index (χ2v) is 10.6. The van der Waals surface area contributed by atoms with Crippen LogP contribution in [0.3, 0.4) is 0 Å². The highest BCUT2D eigenvalue weighted by Crippen LogP contribution is 2.69. The number of nitrogens with zero attached hydrogens (tertiary/aromatic N) is 2. The van der Waals surface area contributed by atoms with Crippen LogP contribution in [0.1, 0.15) is 46.6 Å². The van der Waals surface area contributed by atoms with Gasteiger partial charge in [0, 0.05) is 41.5 Å². The first kappa shape index (κ1) is 24.0. The average molecular weight is 505 g/mol. The Labute approximate surface area is 221 Å². The Bertz CT molecular complexity index is 1540. The summed E-state index contributed by atoms with van der Waals surface area (Å²) in [6.07, 6.45) is 1.46. The van der Waals surface area contributed by atoms with Crippen molar-refractivity contribution in [2.24, 2.45) is 11.3 Å². The number of para-hydroxylation sites is 1. The lowest BCUT2D eigenvalue weighted by Gasteiger charge is -2.59. The van der Waals surface area contributed by atoms with Gasteiger partial charge in [0.15, 0.2) is 0 Å². The number of amides is 1. The van der Waals surface area contributed by atoms with Gasteiger partial charge in [0.05, 0.1) is 24.2 Å². The van der Waals surface area contributed by atoms with Crippen LogP contribution in [0.5, 0.6) is 5.75 Å². The summed E-state index contributed by atoms with van der Waals surface area (Å²) in [5.74, 6) is -1.17. The number of carbonyl (C=O) groups is 2. The summed E-state index contributed by atoms with van der Waals surface area (Å²) in [6.45, 7) is 4.50. The van der Waals surface area contributed by atoms with E-state index in [0.717, 1.165) is 23.1 Å². The summed E-state index contributed by atoms with van der Waals surface area (Å²) in [5.41, 5.74) is 2.75. The maximum absolute atomic E-state index is 13.9. The summed E-state index contributed by atoms with van der Waals surface area (Å²) < 4.78 is 5.46. The molecule has 2 bridgehead atoms. The monoisotopic (exact) mass is 504 g/mol. The molecule has 6 nitrogen and oxygen atoms in total. The average Bonchev–Trinajstić information content (AvgIpc) is 3.40. The Morgan fingerprint density at radius 3 is 2.63 bits per heavy atom. The number of hydrogen-bond donors (Lipinski definition) is 1. The van der Waals surface area contributed by atoms with Gasteiger partial charge < -0.3 is 14.7 Å². The zero-order valence-corrected chi connectivity index (χ0v) is 21.2. The molecule has 6 heteroatoms. The van der Waals surface area contributed by atoms with Crippen molar-refractivity contribution in [1.29, 1.82) is 5.26 Å². The van der Waals surface area contributed by atoms with E-state index in [9.17, 15) is 20.0 Å². The van der Waals surface area contributed by atoms with Gasteiger partial charge in [-0.2, -0.15) is 5.26 Å². The van der Waals surface area contributed by atoms with Crippen LogP contribution < -0.4 is 4.74 Å². The Balaban J connectivity index is 1.51. The van der Waals surface area contributed by atoms with Crippen molar-refractivity contribution in [1.82, 2.24) is 4.90 Å². The fourth-order valence-corrected chi connectivity index (χ4v) is 7.68. The lowest BCUT2D eigenvalue weighted by Crippen LogP contribution is -2.60. The van der Waals surface area contributed by atoms with Crippen molar-refractivity contribution in [3.05, 3.63) is 107 Å². The van der Waals surface area contributed by atoms with Gasteiger partial charge in [0.25, 0.3) is 5.91 Å². The number of fused-ring (bicyclic) bond motifs is 1. The second kappa shape index (κ2) is 8.59. The maximum Gasteiger partial charge on any atom is 0.312 e. The molecule has 0 aromatic heterocycles. The zero-order valence-electron chi connectivity index (χ0n) is 21.2. The minimum absolute atomic E-state index is 0.110. The molecule has 7 rings (SSSR count). The lowest BCUT2D eigenvalue weighted by molar-refractivity contribution is -0.157. The van der Waals surface area contributed by atoms with Crippen molar-refractivity contribution in [3.8, 4) is 11.8 Å². The predicted octanol–water partition coefficient (Wildman–Crippen LogP) is 4.99. The molecule has 1 heterocycles. The van der Waals surface area contributed by atoms with Crippen LogP contribution in [0.2, 0.25) is 0 Å². The Morgan fingerprint density at radius 1 is 1.11 bits per heavy atom. The molecule has 4 unspecified atom stereocenters. The molecule has 3 aliphatic carbocycles. The quantitative estimate of drug-likeness (QED) is 0.495. The largest absolute Gasteiger partial charge is 0.496 e. The van der Waals surface area contributed by atoms with Crippen LogP contribution in [-0.2, 0) is 15.0 Å². The molecule has 1 saturated carbocycles. The van der Waals surface area contributed by atoms with E-state index in [-0.39, 0.29) is 29.9 Å². The van der Waals surface area contributed by atoms with Crippen molar-refractivity contribution in [3.63, 3.8) is 0 Å². The zero-order chi connectivity index (χ0) is 26.7. The number of methoxy groups -OCH3 is 1. The molecule has 1 amide bonds. The van der Waals surface area contributed by atoms with Gasteiger partial charge in [-0.05, 0) is 47.7 Å². The van der Waals surface area contributed by atoms with E-state index in [1.807, 2.05) is 48.5 Å². The third kappa shape index (κ3) is 3.05. The number of carboxylic acid groups (broad SMARTS) is 1. The highest BCUT2D eigenvalue weighted by Gasteiger charge is 2.70. The molecule has 0 spiro atoms. The number of hydrogen-bond acceptors (Lipinski definition) is 4. The molecule has 4 atom stereocenters.